The average molecular weight is 573 g/mol. The predicted molar refractivity (Wildman–Crippen MR) is 150 cm³/mol. The fourth-order valence-electron chi connectivity index (χ4n) is 4.13. The Labute approximate surface area is 228 Å². The van der Waals surface area contributed by atoms with E-state index in [1.807, 2.05) is 73.5 Å². The molecule has 0 radical (unpaired) electrons. The Balaban J connectivity index is 1.81. The Kier molecular flexibility index (Phi) is 10.2. The second kappa shape index (κ2) is 13.1. The first kappa shape index (κ1) is 28.0. The predicted octanol–water partition coefficient (Wildman–Crippen LogP) is 6.88. The van der Waals surface area contributed by atoms with Gasteiger partial charge in [-0.15, -0.1) is 0 Å². The van der Waals surface area contributed by atoms with Crippen LogP contribution in [0.2, 0.25) is 5.02 Å². The summed E-state index contributed by atoms with van der Waals surface area (Å²) in [6, 6.07) is 19.1. The van der Waals surface area contributed by atoms with E-state index in [1.54, 1.807) is 17.0 Å². The molecule has 2 amide bonds. The Hall–Kier alpha value is -2.57. The Morgan fingerprint density at radius 2 is 1.78 bits per heavy atom. The zero-order valence-corrected chi connectivity index (χ0v) is 23.8. The minimum Gasteiger partial charge on any atom is -0.345 e. The van der Waals surface area contributed by atoms with E-state index < -0.39 is 0 Å². The summed E-state index contributed by atoms with van der Waals surface area (Å²) in [6.45, 7) is 9.96. The van der Waals surface area contributed by atoms with Crippen LogP contribution in [0.25, 0.3) is 0 Å². The van der Waals surface area contributed by atoms with Crippen LogP contribution in [0.4, 0.5) is 0 Å². The third kappa shape index (κ3) is 7.47. The molecule has 0 bridgehead atoms. The highest BCUT2D eigenvalue weighted by Crippen LogP contribution is 2.20. The fraction of sp³-hybridized carbons (Fsp3) is 0.379. The van der Waals surface area contributed by atoms with Gasteiger partial charge in [-0.1, -0.05) is 72.6 Å². The molecule has 36 heavy (non-hydrogen) atoms. The van der Waals surface area contributed by atoms with Crippen molar-refractivity contribution in [3.63, 3.8) is 0 Å². The van der Waals surface area contributed by atoms with E-state index in [-0.39, 0.29) is 24.4 Å². The summed E-state index contributed by atoms with van der Waals surface area (Å²) in [4.78, 5) is 30.6. The highest BCUT2D eigenvalue weighted by atomic mass is 79.9. The van der Waals surface area contributed by atoms with Crippen molar-refractivity contribution in [2.75, 3.05) is 13.1 Å². The summed E-state index contributed by atoms with van der Waals surface area (Å²) >= 11 is 9.84. The van der Waals surface area contributed by atoms with Crippen molar-refractivity contribution in [1.82, 2.24) is 14.4 Å². The lowest BCUT2D eigenvalue weighted by atomic mass is 10.1. The minimum absolute atomic E-state index is 0.0400. The smallest absolute Gasteiger partial charge is 0.254 e. The first-order chi connectivity index (χ1) is 17.2. The third-order valence-corrected chi connectivity index (χ3v) is 7.14. The van der Waals surface area contributed by atoms with Gasteiger partial charge in [-0.3, -0.25) is 9.59 Å². The molecule has 3 rings (SSSR count). The van der Waals surface area contributed by atoms with Crippen LogP contribution in [0.3, 0.4) is 0 Å². The van der Waals surface area contributed by atoms with Gasteiger partial charge in [-0.2, -0.15) is 0 Å². The number of carbonyl (C=O) groups is 2. The van der Waals surface area contributed by atoms with Gasteiger partial charge in [-0.05, 0) is 61.2 Å². The summed E-state index contributed by atoms with van der Waals surface area (Å²) in [6.07, 6.45) is 2.77. The lowest BCUT2D eigenvalue weighted by Gasteiger charge is -2.32. The van der Waals surface area contributed by atoms with Gasteiger partial charge in [0.15, 0.2) is 0 Å². The van der Waals surface area contributed by atoms with Crippen molar-refractivity contribution in [2.45, 2.75) is 53.2 Å². The van der Waals surface area contributed by atoms with Crippen LogP contribution in [0.1, 0.15) is 55.7 Å². The van der Waals surface area contributed by atoms with E-state index in [0.717, 1.165) is 27.2 Å². The topological polar surface area (TPSA) is 45.6 Å². The van der Waals surface area contributed by atoms with Crippen molar-refractivity contribution in [2.24, 2.45) is 5.92 Å². The van der Waals surface area contributed by atoms with Gasteiger partial charge in [0.2, 0.25) is 5.91 Å². The van der Waals surface area contributed by atoms with Crippen LogP contribution in [-0.2, 0) is 17.9 Å². The highest BCUT2D eigenvalue weighted by molar-refractivity contribution is 9.10. The highest BCUT2D eigenvalue weighted by Gasteiger charge is 2.26. The molecule has 0 spiro atoms. The SMILES string of the molecule is CCC(C)N(CC(=O)N(Cc1cccn1Cc1ccccc1Cl)CC(C)C)C(=O)c1cccc(Br)c1. The van der Waals surface area contributed by atoms with Gasteiger partial charge in [0.1, 0.15) is 6.54 Å². The normalized spacial score (nSPS) is 12.0. The molecule has 0 saturated carbocycles. The van der Waals surface area contributed by atoms with E-state index in [0.29, 0.717) is 31.1 Å². The maximum absolute atomic E-state index is 13.7. The molecule has 2 aromatic carbocycles. The van der Waals surface area contributed by atoms with Crippen LogP contribution >= 0.6 is 27.5 Å². The van der Waals surface area contributed by atoms with Gasteiger partial charge in [-0.25, -0.2) is 0 Å². The van der Waals surface area contributed by atoms with E-state index in [1.165, 1.54) is 0 Å². The van der Waals surface area contributed by atoms with Crippen LogP contribution in [-0.4, -0.2) is 45.3 Å². The van der Waals surface area contributed by atoms with Crippen LogP contribution in [0.15, 0.2) is 71.3 Å². The maximum Gasteiger partial charge on any atom is 0.254 e. The van der Waals surface area contributed by atoms with Crippen LogP contribution in [0.5, 0.6) is 0 Å². The molecule has 0 saturated heterocycles. The van der Waals surface area contributed by atoms with Gasteiger partial charge >= 0.3 is 0 Å². The summed E-state index contributed by atoms with van der Waals surface area (Å²) in [5.74, 6) is 0.0993. The molecular weight excluding hydrogens is 538 g/mol. The summed E-state index contributed by atoms with van der Waals surface area (Å²) in [5, 5.41) is 0.725. The van der Waals surface area contributed by atoms with Crippen LogP contribution < -0.4 is 0 Å². The second-order valence-electron chi connectivity index (χ2n) is 9.59. The molecule has 1 heterocycles. The Morgan fingerprint density at radius 1 is 1.03 bits per heavy atom. The van der Waals surface area contributed by atoms with E-state index in [9.17, 15) is 9.59 Å². The van der Waals surface area contributed by atoms with E-state index in [2.05, 4.69) is 34.3 Å². The number of benzene rings is 2. The number of nitrogens with zero attached hydrogens (tertiary/aromatic N) is 3. The molecule has 0 fully saturated rings. The summed E-state index contributed by atoms with van der Waals surface area (Å²) in [5.41, 5.74) is 2.62. The number of hydrogen-bond donors (Lipinski definition) is 0. The van der Waals surface area contributed by atoms with Gasteiger partial charge in [0, 0.05) is 46.1 Å². The van der Waals surface area contributed by atoms with Gasteiger partial charge < -0.3 is 14.4 Å². The Bertz CT molecular complexity index is 1180. The molecule has 0 aliphatic heterocycles. The van der Waals surface area contributed by atoms with Gasteiger partial charge in [0.25, 0.3) is 5.91 Å². The van der Waals surface area contributed by atoms with Crippen molar-refractivity contribution >= 4 is 39.3 Å². The average Bonchev–Trinajstić information content (AvgIpc) is 3.28. The quantitative estimate of drug-likeness (QED) is 0.251. The molecule has 0 N–H and O–H groups in total. The van der Waals surface area contributed by atoms with Gasteiger partial charge in [0.05, 0.1) is 6.54 Å². The summed E-state index contributed by atoms with van der Waals surface area (Å²) < 4.78 is 2.96. The molecule has 1 aromatic heterocycles. The zero-order valence-electron chi connectivity index (χ0n) is 21.5. The zero-order chi connectivity index (χ0) is 26.2. The van der Waals surface area contributed by atoms with Crippen molar-refractivity contribution < 1.29 is 9.59 Å². The molecule has 7 heteroatoms. The number of amides is 2. The summed E-state index contributed by atoms with van der Waals surface area (Å²) in [7, 11) is 0. The largest absolute Gasteiger partial charge is 0.345 e. The van der Waals surface area contributed by atoms with Crippen molar-refractivity contribution in [1.29, 1.82) is 0 Å². The first-order valence-corrected chi connectivity index (χ1v) is 13.6. The molecule has 192 valence electrons. The molecule has 3 aromatic rings. The fourth-order valence-corrected chi connectivity index (χ4v) is 4.72. The number of carbonyl (C=O) groups excluding carboxylic acids is 2. The van der Waals surface area contributed by atoms with E-state index in [4.69, 9.17) is 11.6 Å². The molecular formula is C29H35BrClN3O2. The third-order valence-electron chi connectivity index (χ3n) is 6.27. The maximum atomic E-state index is 13.7. The van der Waals surface area contributed by atoms with Crippen molar-refractivity contribution in [3.8, 4) is 0 Å². The lowest BCUT2D eigenvalue weighted by Crippen LogP contribution is -2.47. The second-order valence-corrected chi connectivity index (χ2v) is 10.9. The molecule has 0 aliphatic carbocycles. The standard InChI is InChI=1S/C29H35BrClN3O2/c1-5-22(4)34(29(36)23-11-8-12-25(30)16-23)20-28(35)33(17-21(2)3)19-26-13-9-15-32(26)18-24-10-6-7-14-27(24)31/h6-16,21-22H,5,17-20H2,1-4H3. The lowest BCUT2D eigenvalue weighted by molar-refractivity contribution is -0.133. The van der Waals surface area contributed by atoms with E-state index >= 15 is 0 Å². The monoisotopic (exact) mass is 571 g/mol. The molecule has 5 nitrogen and oxygen atoms in total. The van der Waals surface area contributed by atoms with Crippen LogP contribution in [0, 0.1) is 5.92 Å². The number of rotatable bonds is 11. The number of aromatic nitrogens is 1. The first-order valence-electron chi connectivity index (χ1n) is 12.4. The molecule has 1 unspecified atom stereocenters. The number of hydrogen-bond acceptors (Lipinski definition) is 2. The minimum atomic E-state index is -0.134. The molecule has 0 aliphatic rings. The molecule has 1 atom stereocenters. The Morgan fingerprint density at radius 3 is 2.44 bits per heavy atom. The number of halogens is 2. The van der Waals surface area contributed by atoms with Crippen molar-refractivity contribution in [3.05, 3.63) is 93.2 Å².